The zero-order chi connectivity index (χ0) is 18.6. The third kappa shape index (κ3) is 3.72. The number of aryl methyl sites for hydroxylation is 1. The van der Waals surface area contributed by atoms with E-state index in [0.717, 1.165) is 49.1 Å². The molecule has 0 unspecified atom stereocenters. The summed E-state index contributed by atoms with van der Waals surface area (Å²) in [5.74, 6) is 3.51. The second kappa shape index (κ2) is 7.66. The summed E-state index contributed by atoms with van der Waals surface area (Å²) in [5.41, 5.74) is 3.81. The molecule has 1 aromatic heterocycles. The second-order valence-corrected chi connectivity index (χ2v) is 6.68. The molecule has 0 amide bonds. The van der Waals surface area contributed by atoms with E-state index in [-0.39, 0.29) is 0 Å². The average molecular weight is 360 g/mol. The highest BCUT2D eigenvalue weighted by Gasteiger charge is 2.21. The largest absolute Gasteiger partial charge is 0.496 e. The van der Waals surface area contributed by atoms with Crippen LogP contribution in [0.5, 0.6) is 5.75 Å². The molecule has 2 heterocycles. The summed E-state index contributed by atoms with van der Waals surface area (Å²) in [6, 6.07) is 18.7. The normalized spacial score (nSPS) is 12.7. The lowest BCUT2D eigenvalue weighted by Gasteiger charge is -2.19. The summed E-state index contributed by atoms with van der Waals surface area (Å²) in [5, 5.41) is 3.44. The van der Waals surface area contributed by atoms with E-state index in [2.05, 4.69) is 50.5 Å². The van der Waals surface area contributed by atoms with Crippen molar-refractivity contribution in [2.75, 3.05) is 30.4 Å². The van der Waals surface area contributed by atoms with Crippen LogP contribution in [0.1, 0.15) is 17.0 Å². The molecule has 0 bridgehead atoms. The van der Waals surface area contributed by atoms with Crippen molar-refractivity contribution < 1.29 is 4.74 Å². The van der Waals surface area contributed by atoms with E-state index in [0.29, 0.717) is 0 Å². The Hall–Kier alpha value is -3.08. The fourth-order valence-corrected chi connectivity index (χ4v) is 3.59. The van der Waals surface area contributed by atoms with E-state index in [1.807, 2.05) is 31.2 Å². The van der Waals surface area contributed by atoms with Crippen LogP contribution >= 0.6 is 0 Å². The molecule has 0 saturated carbocycles. The van der Waals surface area contributed by atoms with Gasteiger partial charge in [0.05, 0.1) is 7.11 Å². The number of methoxy groups -OCH3 is 1. The summed E-state index contributed by atoms with van der Waals surface area (Å²) in [7, 11) is 1.71. The third-order valence-corrected chi connectivity index (χ3v) is 4.88. The van der Waals surface area contributed by atoms with Crippen molar-refractivity contribution in [2.45, 2.75) is 19.8 Å². The molecule has 0 aliphatic carbocycles. The Balaban J connectivity index is 1.48. The molecule has 0 saturated heterocycles. The zero-order valence-corrected chi connectivity index (χ0v) is 15.8. The SMILES string of the molecule is COc1ccccc1CCNc1cc(N2CCc3ccccc32)nc(C)n1. The first-order valence-corrected chi connectivity index (χ1v) is 9.31. The van der Waals surface area contributed by atoms with E-state index in [4.69, 9.17) is 4.74 Å². The van der Waals surface area contributed by atoms with E-state index in [1.54, 1.807) is 7.11 Å². The molecule has 27 heavy (non-hydrogen) atoms. The predicted molar refractivity (Wildman–Crippen MR) is 109 cm³/mol. The van der Waals surface area contributed by atoms with Crippen LogP contribution in [0.3, 0.4) is 0 Å². The van der Waals surface area contributed by atoms with Crippen LogP contribution in [0, 0.1) is 6.92 Å². The molecule has 138 valence electrons. The number of hydrogen-bond donors (Lipinski definition) is 1. The summed E-state index contributed by atoms with van der Waals surface area (Å²) in [6.07, 6.45) is 1.92. The van der Waals surface area contributed by atoms with Crippen LogP contribution < -0.4 is 15.0 Å². The highest BCUT2D eigenvalue weighted by atomic mass is 16.5. The smallest absolute Gasteiger partial charge is 0.138 e. The number of aromatic nitrogens is 2. The van der Waals surface area contributed by atoms with Gasteiger partial charge in [-0.2, -0.15) is 0 Å². The Bertz CT molecular complexity index is 941. The minimum Gasteiger partial charge on any atom is -0.496 e. The number of ether oxygens (including phenoxy) is 1. The number of rotatable bonds is 6. The van der Waals surface area contributed by atoms with Gasteiger partial charge in [-0.25, -0.2) is 9.97 Å². The summed E-state index contributed by atoms with van der Waals surface area (Å²) in [6.45, 7) is 3.68. The minimum absolute atomic E-state index is 0.775. The van der Waals surface area contributed by atoms with Crippen LogP contribution in [0.4, 0.5) is 17.3 Å². The van der Waals surface area contributed by atoms with Gasteiger partial charge in [-0.05, 0) is 43.0 Å². The lowest BCUT2D eigenvalue weighted by Crippen LogP contribution is -2.17. The monoisotopic (exact) mass is 360 g/mol. The van der Waals surface area contributed by atoms with Crippen LogP contribution in [0.15, 0.2) is 54.6 Å². The first-order valence-electron chi connectivity index (χ1n) is 9.31. The van der Waals surface area contributed by atoms with E-state index in [1.165, 1.54) is 16.8 Å². The van der Waals surface area contributed by atoms with Gasteiger partial charge in [-0.1, -0.05) is 36.4 Å². The van der Waals surface area contributed by atoms with Crippen LogP contribution in [-0.4, -0.2) is 30.2 Å². The topological polar surface area (TPSA) is 50.3 Å². The lowest BCUT2D eigenvalue weighted by atomic mass is 10.1. The van der Waals surface area contributed by atoms with Gasteiger partial charge in [0.25, 0.3) is 0 Å². The Morgan fingerprint density at radius 2 is 1.89 bits per heavy atom. The molecule has 0 atom stereocenters. The van der Waals surface area contributed by atoms with Crippen molar-refractivity contribution in [3.63, 3.8) is 0 Å². The number of nitrogens with zero attached hydrogens (tertiary/aromatic N) is 3. The molecule has 4 rings (SSSR count). The molecule has 5 nitrogen and oxygen atoms in total. The van der Waals surface area contributed by atoms with Crippen molar-refractivity contribution in [1.29, 1.82) is 0 Å². The van der Waals surface area contributed by atoms with Crippen molar-refractivity contribution in [2.24, 2.45) is 0 Å². The predicted octanol–water partition coefficient (Wildman–Crippen LogP) is 4.14. The fourth-order valence-electron chi connectivity index (χ4n) is 3.59. The van der Waals surface area contributed by atoms with Gasteiger partial charge in [0.15, 0.2) is 0 Å². The molecule has 1 aliphatic heterocycles. The molecule has 0 spiro atoms. The Labute approximate surface area is 160 Å². The molecule has 0 fully saturated rings. The van der Waals surface area contributed by atoms with Gasteiger partial charge >= 0.3 is 0 Å². The van der Waals surface area contributed by atoms with Gasteiger partial charge in [-0.3, -0.25) is 0 Å². The quantitative estimate of drug-likeness (QED) is 0.716. The van der Waals surface area contributed by atoms with Crippen LogP contribution in [-0.2, 0) is 12.8 Å². The van der Waals surface area contributed by atoms with Gasteiger partial charge in [0, 0.05) is 24.8 Å². The molecular formula is C22H24N4O. The third-order valence-electron chi connectivity index (χ3n) is 4.88. The zero-order valence-electron chi connectivity index (χ0n) is 15.8. The van der Waals surface area contributed by atoms with Gasteiger partial charge in [0.2, 0.25) is 0 Å². The summed E-state index contributed by atoms with van der Waals surface area (Å²) >= 11 is 0. The number of nitrogens with one attached hydrogen (secondary N) is 1. The Morgan fingerprint density at radius 1 is 1.07 bits per heavy atom. The van der Waals surface area contributed by atoms with Crippen LogP contribution in [0.25, 0.3) is 0 Å². The van der Waals surface area contributed by atoms with Gasteiger partial charge in [0.1, 0.15) is 23.2 Å². The number of fused-ring (bicyclic) bond motifs is 1. The summed E-state index contributed by atoms with van der Waals surface area (Å²) < 4.78 is 5.43. The molecule has 1 N–H and O–H groups in total. The minimum atomic E-state index is 0.775. The average Bonchev–Trinajstić information content (AvgIpc) is 3.12. The fraction of sp³-hybridized carbons (Fsp3) is 0.273. The van der Waals surface area contributed by atoms with E-state index < -0.39 is 0 Å². The first kappa shape index (κ1) is 17.3. The maximum atomic E-state index is 5.43. The van der Waals surface area contributed by atoms with Crippen molar-refractivity contribution in [3.05, 3.63) is 71.5 Å². The molecule has 2 aromatic carbocycles. The maximum Gasteiger partial charge on any atom is 0.138 e. The number of para-hydroxylation sites is 2. The van der Waals surface area contributed by atoms with E-state index >= 15 is 0 Å². The standard InChI is InChI=1S/C22H24N4O/c1-16-24-21(23-13-11-18-8-4-6-10-20(18)27-2)15-22(25-16)26-14-12-17-7-3-5-9-19(17)26/h3-10,15H,11-14H2,1-2H3,(H,23,24,25). The molecule has 1 aliphatic rings. The Morgan fingerprint density at radius 3 is 2.78 bits per heavy atom. The van der Waals surface area contributed by atoms with Crippen molar-refractivity contribution in [1.82, 2.24) is 9.97 Å². The highest BCUT2D eigenvalue weighted by molar-refractivity contribution is 5.68. The molecule has 5 heteroatoms. The summed E-state index contributed by atoms with van der Waals surface area (Å²) in [4.78, 5) is 11.5. The number of anilines is 3. The first-order chi connectivity index (χ1) is 13.2. The molecule has 0 radical (unpaired) electrons. The van der Waals surface area contributed by atoms with Crippen molar-refractivity contribution in [3.8, 4) is 5.75 Å². The lowest BCUT2D eigenvalue weighted by molar-refractivity contribution is 0.410. The second-order valence-electron chi connectivity index (χ2n) is 6.68. The van der Waals surface area contributed by atoms with Crippen molar-refractivity contribution >= 4 is 17.3 Å². The maximum absolute atomic E-state index is 5.43. The van der Waals surface area contributed by atoms with E-state index in [9.17, 15) is 0 Å². The van der Waals surface area contributed by atoms with Crippen LogP contribution in [0.2, 0.25) is 0 Å². The highest BCUT2D eigenvalue weighted by Crippen LogP contribution is 2.33. The molecule has 3 aromatic rings. The van der Waals surface area contributed by atoms with Gasteiger partial charge in [-0.15, -0.1) is 0 Å². The molecular weight excluding hydrogens is 336 g/mol. The number of benzene rings is 2. The van der Waals surface area contributed by atoms with Gasteiger partial charge < -0.3 is 15.0 Å². The Kier molecular flexibility index (Phi) is 4.92. The number of hydrogen-bond acceptors (Lipinski definition) is 5.